The fourth-order valence-electron chi connectivity index (χ4n) is 1.84. The van der Waals surface area contributed by atoms with Gasteiger partial charge in [0.05, 0.1) is 17.7 Å². The second-order valence-electron chi connectivity index (χ2n) is 4.08. The highest BCUT2D eigenvalue weighted by molar-refractivity contribution is 5.89. The van der Waals surface area contributed by atoms with Crippen molar-refractivity contribution in [1.82, 2.24) is 0 Å². The van der Waals surface area contributed by atoms with E-state index >= 15 is 0 Å². The van der Waals surface area contributed by atoms with Crippen molar-refractivity contribution in [1.29, 1.82) is 5.26 Å². The molecule has 1 aliphatic rings. The second-order valence-corrected chi connectivity index (χ2v) is 4.08. The molecule has 76 valence electrons. The van der Waals surface area contributed by atoms with E-state index in [4.69, 9.17) is 5.26 Å². The highest BCUT2D eigenvalue weighted by atomic mass is 14.8. The fourth-order valence-corrected chi connectivity index (χ4v) is 1.84. The summed E-state index contributed by atoms with van der Waals surface area (Å²) in [5.41, 5.74) is 3.43. The minimum atomic E-state index is 0.189. The van der Waals surface area contributed by atoms with Gasteiger partial charge in [0.1, 0.15) is 0 Å². The molecule has 1 saturated carbocycles. The molecule has 0 aliphatic heterocycles. The molecule has 0 spiro atoms. The number of benzene rings is 1. The van der Waals surface area contributed by atoms with Crippen LogP contribution in [0.25, 0.3) is 0 Å². The Morgan fingerprint density at radius 1 is 1.33 bits per heavy atom. The van der Waals surface area contributed by atoms with E-state index in [1.54, 1.807) is 0 Å². The number of rotatable bonds is 1. The number of nitriles is 1. The zero-order valence-electron chi connectivity index (χ0n) is 8.90. The molecule has 0 heterocycles. The maximum absolute atomic E-state index is 8.78. The largest absolute Gasteiger partial charge is 0.258 e. The Morgan fingerprint density at radius 2 is 2.07 bits per heavy atom. The molecule has 2 nitrogen and oxygen atoms in total. The van der Waals surface area contributed by atoms with Gasteiger partial charge in [0, 0.05) is 12.1 Å². The molecule has 0 aromatic heterocycles. The van der Waals surface area contributed by atoms with Crippen molar-refractivity contribution < 1.29 is 0 Å². The lowest BCUT2D eigenvalue weighted by Gasteiger charge is -1.97. The van der Waals surface area contributed by atoms with Crippen LogP contribution in [0.1, 0.15) is 24.8 Å². The average Bonchev–Trinajstić information content (AvgIpc) is 2.69. The molecule has 1 atom stereocenters. The normalized spacial score (nSPS) is 22.9. The molecule has 0 radical (unpaired) electrons. The maximum atomic E-state index is 8.78. The van der Waals surface area contributed by atoms with Gasteiger partial charge in [-0.1, -0.05) is 17.7 Å². The summed E-state index contributed by atoms with van der Waals surface area (Å²) in [4.78, 5) is 4.56. The van der Waals surface area contributed by atoms with E-state index in [9.17, 15) is 0 Å². The van der Waals surface area contributed by atoms with Crippen LogP contribution in [0.4, 0.5) is 5.69 Å². The third-order valence-electron chi connectivity index (χ3n) is 2.77. The first kappa shape index (κ1) is 9.92. The van der Waals surface area contributed by atoms with Crippen molar-refractivity contribution in [3.8, 4) is 6.07 Å². The average molecular weight is 198 g/mol. The quantitative estimate of drug-likeness (QED) is 0.681. The van der Waals surface area contributed by atoms with E-state index in [1.807, 2.05) is 12.1 Å². The first-order valence-corrected chi connectivity index (χ1v) is 5.30. The molecular formula is C13H14N2. The monoisotopic (exact) mass is 198 g/mol. The van der Waals surface area contributed by atoms with Crippen LogP contribution in [0.3, 0.4) is 0 Å². The van der Waals surface area contributed by atoms with Crippen molar-refractivity contribution >= 4 is 11.4 Å². The summed E-state index contributed by atoms with van der Waals surface area (Å²) in [6, 6.07) is 10.5. The van der Waals surface area contributed by atoms with Crippen LogP contribution in [0.2, 0.25) is 0 Å². The Bertz CT molecular complexity index is 409. The van der Waals surface area contributed by atoms with Gasteiger partial charge in [-0.2, -0.15) is 5.26 Å². The van der Waals surface area contributed by atoms with Gasteiger partial charge in [0.2, 0.25) is 0 Å². The fraction of sp³-hybridized carbons (Fsp3) is 0.385. The third-order valence-corrected chi connectivity index (χ3v) is 2.77. The van der Waals surface area contributed by atoms with Crippen LogP contribution in [0.5, 0.6) is 0 Å². The molecule has 1 aromatic carbocycles. The number of hydrogen-bond acceptors (Lipinski definition) is 2. The van der Waals surface area contributed by atoms with E-state index in [2.05, 4.69) is 30.1 Å². The molecule has 0 amide bonds. The molecule has 1 aliphatic carbocycles. The molecule has 0 N–H and O–H groups in total. The lowest BCUT2D eigenvalue weighted by Crippen LogP contribution is -1.91. The number of aryl methyl sites for hydroxylation is 1. The van der Waals surface area contributed by atoms with Crippen LogP contribution in [-0.4, -0.2) is 5.71 Å². The molecule has 2 heteroatoms. The van der Waals surface area contributed by atoms with Crippen molar-refractivity contribution in [2.75, 3.05) is 0 Å². The van der Waals surface area contributed by atoms with Crippen LogP contribution in [0.15, 0.2) is 29.3 Å². The number of hydrogen-bond donors (Lipinski definition) is 0. The van der Waals surface area contributed by atoms with Gasteiger partial charge in [-0.3, -0.25) is 4.99 Å². The zero-order valence-corrected chi connectivity index (χ0v) is 8.90. The Labute approximate surface area is 90.3 Å². The van der Waals surface area contributed by atoms with Crippen LogP contribution in [-0.2, 0) is 0 Å². The topological polar surface area (TPSA) is 36.1 Å². The second kappa shape index (κ2) is 4.27. The number of aliphatic imine (C=N–C) groups is 1. The molecule has 0 bridgehead atoms. The predicted molar refractivity (Wildman–Crippen MR) is 61.2 cm³/mol. The third kappa shape index (κ3) is 2.44. The molecule has 0 saturated heterocycles. The molecule has 15 heavy (non-hydrogen) atoms. The molecule has 1 fully saturated rings. The standard InChI is InChI=1S/C13H14N2/c1-10-2-5-12(6-3-10)15-13-7-4-11(8-13)9-14/h2-3,5-6,11H,4,7-8H2,1H3. The van der Waals surface area contributed by atoms with Crippen molar-refractivity contribution in [2.24, 2.45) is 10.9 Å². The zero-order chi connectivity index (χ0) is 10.7. The van der Waals surface area contributed by atoms with Crippen molar-refractivity contribution in [2.45, 2.75) is 26.2 Å². The van der Waals surface area contributed by atoms with E-state index in [-0.39, 0.29) is 5.92 Å². The van der Waals surface area contributed by atoms with Crippen molar-refractivity contribution in [3.05, 3.63) is 29.8 Å². The van der Waals surface area contributed by atoms with E-state index < -0.39 is 0 Å². The lowest BCUT2D eigenvalue weighted by atomic mass is 10.1. The van der Waals surface area contributed by atoms with E-state index in [1.165, 1.54) is 11.3 Å². The molecular weight excluding hydrogens is 184 g/mol. The first-order valence-electron chi connectivity index (χ1n) is 5.30. The maximum Gasteiger partial charge on any atom is 0.0659 e. The van der Waals surface area contributed by atoms with Crippen LogP contribution in [0, 0.1) is 24.2 Å². The van der Waals surface area contributed by atoms with Gasteiger partial charge in [-0.25, -0.2) is 0 Å². The summed E-state index contributed by atoms with van der Waals surface area (Å²) in [5.74, 6) is 0.189. The van der Waals surface area contributed by atoms with Gasteiger partial charge in [0.25, 0.3) is 0 Å². The van der Waals surface area contributed by atoms with Gasteiger partial charge >= 0.3 is 0 Å². The summed E-state index contributed by atoms with van der Waals surface area (Å²) in [6.45, 7) is 2.07. The van der Waals surface area contributed by atoms with Gasteiger partial charge in [-0.05, 0) is 31.9 Å². The Balaban J connectivity index is 2.11. The summed E-state index contributed by atoms with van der Waals surface area (Å²) in [5, 5.41) is 8.78. The Kier molecular flexibility index (Phi) is 2.82. The van der Waals surface area contributed by atoms with Crippen LogP contribution >= 0.6 is 0 Å². The minimum Gasteiger partial charge on any atom is -0.258 e. The van der Waals surface area contributed by atoms with E-state index in [0.717, 1.165) is 24.9 Å². The Morgan fingerprint density at radius 3 is 2.67 bits per heavy atom. The number of nitrogens with zero attached hydrogens (tertiary/aromatic N) is 2. The first-order chi connectivity index (χ1) is 7.28. The molecule has 1 aromatic rings. The van der Waals surface area contributed by atoms with Crippen molar-refractivity contribution in [3.63, 3.8) is 0 Å². The SMILES string of the molecule is Cc1ccc(N=C2CCC(C#N)C2)cc1. The summed E-state index contributed by atoms with van der Waals surface area (Å²) in [6.07, 6.45) is 2.80. The summed E-state index contributed by atoms with van der Waals surface area (Å²) in [7, 11) is 0. The molecule has 1 unspecified atom stereocenters. The van der Waals surface area contributed by atoms with E-state index in [0.29, 0.717) is 0 Å². The van der Waals surface area contributed by atoms with Gasteiger partial charge < -0.3 is 0 Å². The minimum absolute atomic E-state index is 0.189. The molecule has 2 rings (SSSR count). The Hall–Kier alpha value is -1.62. The predicted octanol–water partition coefficient (Wildman–Crippen LogP) is 3.39. The highest BCUT2D eigenvalue weighted by Crippen LogP contribution is 2.25. The van der Waals surface area contributed by atoms with Gasteiger partial charge in [0.15, 0.2) is 0 Å². The van der Waals surface area contributed by atoms with Gasteiger partial charge in [-0.15, -0.1) is 0 Å². The smallest absolute Gasteiger partial charge is 0.0659 e. The lowest BCUT2D eigenvalue weighted by molar-refractivity contribution is 0.711. The summed E-state index contributed by atoms with van der Waals surface area (Å²) >= 11 is 0. The highest BCUT2D eigenvalue weighted by Gasteiger charge is 2.19. The summed E-state index contributed by atoms with van der Waals surface area (Å²) < 4.78 is 0. The van der Waals surface area contributed by atoms with Crippen LogP contribution < -0.4 is 0 Å².